The van der Waals surface area contributed by atoms with Crippen molar-refractivity contribution in [2.24, 2.45) is 17.8 Å². The van der Waals surface area contributed by atoms with Crippen LogP contribution in [0.5, 0.6) is 0 Å². The van der Waals surface area contributed by atoms with Crippen molar-refractivity contribution in [1.82, 2.24) is 9.80 Å². The second-order valence-electron chi connectivity index (χ2n) is 9.01. The Balaban J connectivity index is 1.65. The molecule has 0 aromatic heterocycles. The lowest BCUT2D eigenvalue weighted by atomic mass is 9.91. The Hall–Kier alpha value is -2.08. The van der Waals surface area contributed by atoms with Crippen molar-refractivity contribution in [3.63, 3.8) is 0 Å². The molecule has 2 N–H and O–H groups in total. The molecule has 1 heterocycles. The van der Waals surface area contributed by atoms with Gasteiger partial charge in [-0.15, -0.1) is 0 Å². The van der Waals surface area contributed by atoms with E-state index in [0.29, 0.717) is 30.2 Å². The zero-order chi connectivity index (χ0) is 20.4. The maximum Gasteiger partial charge on any atom is 0.321 e. The molecule has 6 nitrogen and oxygen atoms in total. The maximum absolute atomic E-state index is 12.9. The Kier molecular flexibility index (Phi) is 6.28. The number of hydrogen-bond acceptors (Lipinski definition) is 3. The molecule has 154 valence electrons. The van der Waals surface area contributed by atoms with Gasteiger partial charge in [-0.05, 0) is 69.3 Å². The first-order valence-corrected chi connectivity index (χ1v) is 10.4. The predicted octanol–water partition coefficient (Wildman–Crippen LogP) is 3.78. The number of likely N-dealkylation sites (tertiary alicyclic amines) is 1. The van der Waals surface area contributed by atoms with Gasteiger partial charge in [0.25, 0.3) is 0 Å². The van der Waals surface area contributed by atoms with Gasteiger partial charge in [0.05, 0.1) is 0 Å². The fourth-order valence-electron chi connectivity index (χ4n) is 4.88. The van der Waals surface area contributed by atoms with Gasteiger partial charge in [-0.1, -0.05) is 19.9 Å². The molecule has 2 bridgehead atoms. The van der Waals surface area contributed by atoms with Crippen LogP contribution < -0.4 is 10.6 Å². The number of piperidine rings is 1. The number of rotatable bonds is 5. The van der Waals surface area contributed by atoms with Crippen LogP contribution in [-0.4, -0.2) is 55.0 Å². The van der Waals surface area contributed by atoms with Gasteiger partial charge in [0, 0.05) is 36.9 Å². The number of carbonyl (C=O) groups is 2. The minimum atomic E-state index is -0.0390. The number of urea groups is 1. The predicted molar refractivity (Wildman–Crippen MR) is 114 cm³/mol. The minimum Gasteiger partial charge on any atom is -0.326 e. The van der Waals surface area contributed by atoms with E-state index in [1.54, 1.807) is 0 Å². The fourth-order valence-corrected chi connectivity index (χ4v) is 4.88. The number of benzene rings is 1. The van der Waals surface area contributed by atoms with E-state index >= 15 is 0 Å². The lowest BCUT2D eigenvalue weighted by molar-refractivity contribution is -0.116. The quantitative estimate of drug-likeness (QED) is 0.809. The number of amides is 3. The van der Waals surface area contributed by atoms with E-state index < -0.39 is 0 Å². The van der Waals surface area contributed by atoms with Crippen molar-refractivity contribution in [2.75, 3.05) is 37.8 Å². The largest absolute Gasteiger partial charge is 0.326 e. The summed E-state index contributed by atoms with van der Waals surface area (Å²) in [6.45, 7) is 7.61. The van der Waals surface area contributed by atoms with Crippen LogP contribution in [0.4, 0.5) is 16.2 Å². The van der Waals surface area contributed by atoms with Crippen LogP contribution >= 0.6 is 0 Å². The van der Waals surface area contributed by atoms with Crippen molar-refractivity contribution >= 4 is 23.3 Å². The summed E-state index contributed by atoms with van der Waals surface area (Å²) in [4.78, 5) is 29.3. The molecule has 3 atom stereocenters. The lowest BCUT2D eigenvalue weighted by Crippen LogP contribution is -2.53. The van der Waals surface area contributed by atoms with Gasteiger partial charge in [0.15, 0.2) is 0 Å². The Morgan fingerprint density at radius 1 is 1.11 bits per heavy atom. The molecule has 1 aliphatic carbocycles. The average Bonchev–Trinajstić information content (AvgIpc) is 2.88. The zero-order valence-electron chi connectivity index (χ0n) is 17.8. The molecule has 28 heavy (non-hydrogen) atoms. The molecule has 1 aromatic carbocycles. The van der Waals surface area contributed by atoms with E-state index in [-0.39, 0.29) is 11.9 Å². The summed E-state index contributed by atoms with van der Waals surface area (Å²) in [5, 5.41) is 6.04. The van der Waals surface area contributed by atoms with Crippen LogP contribution in [0, 0.1) is 24.7 Å². The summed E-state index contributed by atoms with van der Waals surface area (Å²) in [5.74, 6) is 1.43. The third kappa shape index (κ3) is 4.49. The summed E-state index contributed by atoms with van der Waals surface area (Å²) in [5.41, 5.74) is 2.41. The number of nitrogens with one attached hydrogen (secondary N) is 2. The SMILES string of the molecule is Cc1c(NC(=O)CC(C)C)cccc1NC(=O)N1C[C@H]2CC[C@@H](C1)C2N(C)C. The second kappa shape index (κ2) is 8.52. The van der Waals surface area contributed by atoms with Crippen molar-refractivity contribution in [2.45, 2.75) is 46.1 Å². The van der Waals surface area contributed by atoms with Crippen molar-refractivity contribution in [3.05, 3.63) is 23.8 Å². The van der Waals surface area contributed by atoms with Crippen molar-refractivity contribution < 1.29 is 9.59 Å². The minimum absolute atomic E-state index is 0.00362. The maximum atomic E-state index is 12.9. The highest BCUT2D eigenvalue weighted by Crippen LogP contribution is 2.39. The monoisotopic (exact) mass is 386 g/mol. The van der Waals surface area contributed by atoms with E-state index in [9.17, 15) is 9.59 Å². The number of hydrogen-bond donors (Lipinski definition) is 2. The summed E-state index contributed by atoms with van der Waals surface area (Å²) >= 11 is 0. The molecule has 1 aromatic rings. The summed E-state index contributed by atoms with van der Waals surface area (Å²) in [6, 6.07) is 6.20. The molecule has 1 saturated heterocycles. The fraction of sp³-hybridized carbons (Fsp3) is 0.636. The van der Waals surface area contributed by atoms with Gasteiger partial charge in [-0.3, -0.25) is 4.79 Å². The number of nitrogens with zero attached hydrogens (tertiary/aromatic N) is 2. The van der Waals surface area contributed by atoms with Crippen molar-refractivity contribution in [1.29, 1.82) is 0 Å². The molecule has 1 saturated carbocycles. The molecule has 3 amide bonds. The molecule has 1 aliphatic heterocycles. The second-order valence-corrected chi connectivity index (χ2v) is 9.01. The summed E-state index contributed by atoms with van der Waals surface area (Å²) in [6.07, 6.45) is 2.89. The number of carbonyl (C=O) groups excluding carboxylic acids is 2. The molecule has 2 fully saturated rings. The Bertz CT molecular complexity index is 717. The summed E-state index contributed by atoms with van der Waals surface area (Å²) in [7, 11) is 4.29. The highest BCUT2D eigenvalue weighted by molar-refractivity contribution is 5.95. The van der Waals surface area contributed by atoms with E-state index in [4.69, 9.17) is 0 Å². The lowest BCUT2D eigenvalue weighted by Gasteiger charge is -2.41. The molecule has 1 unspecified atom stereocenters. The smallest absolute Gasteiger partial charge is 0.321 e. The summed E-state index contributed by atoms with van der Waals surface area (Å²) < 4.78 is 0. The topological polar surface area (TPSA) is 64.7 Å². The highest BCUT2D eigenvalue weighted by Gasteiger charge is 2.44. The van der Waals surface area contributed by atoms with Crippen LogP contribution in [0.25, 0.3) is 0 Å². The first-order valence-electron chi connectivity index (χ1n) is 10.4. The molecular weight excluding hydrogens is 352 g/mol. The number of anilines is 2. The third-order valence-corrected chi connectivity index (χ3v) is 6.11. The number of fused-ring (bicyclic) bond motifs is 2. The van der Waals surface area contributed by atoms with Crippen LogP contribution in [-0.2, 0) is 4.79 Å². The van der Waals surface area contributed by atoms with Crippen LogP contribution in [0.1, 0.15) is 38.7 Å². The Morgan fingerprint density at radius 3 is 2.21 bits per heavy atom. The average molecular weight is 387 g/mol. The zero-order valence-corrected chi connectivity index (χ0v) is 17.8. The van der Waals surface area contributed by atoms with E-state index in [2.05, 4.69) is 29.6 Å². The van der Waals surface area contributed by atoms with Gasteiger partial charge in [-0.25, -0.2) is 4.79 Å². The molecule has 6 heteroatoms. The molecule has 0 spiro atoms. The van der Waals surface area contributed by atoms with Crippen LogP contribution in [0.15, 0.2) is 18.2 Å². The first-order chi connectivity index (χ1) is 13.3. The van der Waals surface area contributed by atoms with Crippen LogP contribution in [0.2, 0.25) is 0 Å². The van der Waals surface area contributed by atoms with Gasteiger partial charge in [-0.2, -0.15) is 0 Å². The first kappa shape index (κ1) is 20.6. The van der Waals surface area contributed by atoms with E-state index in [1.165, 1.54) is 12.8 Å². The molecule has 3 rings (SSSR count). The van der Waals surface area contributed by atoms with Gasteiger partial charge in [0.1, 0.15) is 0 Å². The standard InChI is InChI=1S/C22H34N4O2/c1-14(2)11-20(27)23-18-7-6-8-19(15(18)3)24-22(28)26-12-16-9-10-17(13-26)21(16)25(4)5/h6-8,14,16-17,21H,9-13H2,1-5H3,(H,23,27)(H,24,28)/t16-,17+,21?. The molecule has 0 radical (unpaired) electrons. The molecular formula is C22H34N4O2. The molecule has 2 aliphatic rings. The van der Waals surface area contributed by atoms with E-state index in [0.717, 1.165) is 30.0 Å². The van der Waals surface area contributed by atoms with Crippen molar-refractivity contribution in [3.8, 4) is 0 Å². The van der Waals surface area contributed by atoms with Crippen LogP contribution in [0.3, 0.4) is 0 Å². The normalized spacial score (nSPS) is 24.0. The Morgan fingerprint density at radius 2 is 1.68 bits per heavy atom. The Labute approximate surface area is 168 Å². The van der Waals surface area contributed by atoms with E-state index in [1.807, 2.05) is 43.9 Å². The van der Waals surface area contributed by atoms with Gasteiger partial charge in [0.2, 0.25) is 5.91 Å². The highest BCUT2D eigenvalue weighted by atomic mass is 16.2. The van der Waals surface area contributed by atoms with Gasteiger partial charge < -0.3 is 20.4 Å². The van der Waals surface area contributed by atoms with Gasteiger partial charge >= 0.3 is 6.03 Å². The third-order valence-electron chi connectivity index (χ3n) is 6.11.